The number of hydrogen-bond donors (Lipinski definition) is 0. The molecular formula is C15H12ClF2NO3. The minimum atomic E-state index is -1.11. The lowest BCUT2D eigenvalue weighted by molar-refractivity contribution is 0.0524. The maximum Gasteiger partial charge on any atom is 0.343 e. The molecule has 1 saturated carbocycles. The van der Waals surface area contributed by atoms with E-state index in [0.29, 0.717) is 0 Å². The summed E-state index contributed by atoms with van der Waals surface area (Å²) in [6.07, 6.45) is 0.325. The van der Waals surface area contributed by atoms with Gasteiger partial charge in [0.1, 0.15) is 22.6 Å². The van der Waals surface area contributed by atoms with Gasteiger partial charge in [-0.15, -0.1) is 0 Å². The van der Waals surface area contributed by atoms with Gasteiger partial charge in [0, 0.05) is 18.0 Å². The van der Waals surface area contributed by atoms with Gasteiger partial charge < -0.3 is 9.30 Å². The topological polar surface area (TPSA) is 48.3 Å². The summed E-state index contributed by atoms with van der Waals surface area (Å²) in [6, 6.07) is 1.73. The molecule has 1 aliphatic carbocycles. The number of pyridine rings is 1. The van der Waals surface area contributed by atoms with Crippen molar-refractivity contribution in [3.8, 4) is 0 Å². The normalized spacial score (nSPS) is 20.2. The van der Waals surface area contributed by atoms with E-state index < -0.39 is 29.4 Å². The molecule has 0 N–H and O–H groups in total. The Kier molecular flexibility index (Phi) is 3.64. The number of benzene rings is 1. The van der Waals surface area contributed by atoms with Crippen molar-refractivity contribution in [3.05, 3.63) is 45.0 Å². The number of ether oxygens (including phenoxy) is 1. The summed E-state index contributed by atoms with van der Waals surface area (Å²) in [5, 5.41) is -0.194. The molecule has 1 aromatic heterocycles. The second kappa shape index (κ2) is 5.35. The smallest absolute Gasteiger partial charge is 0.343 e. The van der Waals surface area contributed by atoms with Crippen molar-refractivity contribution in [2.45, 2.75) is 25.6 Å². The predicted molar refractivity (Wildman–Crippen MR) is 77.7 cm³/mol. The maximum atomic E-state index is 13.7. The Morgan fingerprint density at radius 2 is 2.18 bits per heavy atom. The van der Waals surface area contributed by atoms with Crippen LogP contribution < -0.4 is 5.43 Å². The third kappa shape index (κ3) is 2.27. The monoisotopic (exact) mass is 327 g/mol. The quantitative estimate of drug-likeness (QED) is 0.813. The Hall–Kier alpha value is -1.95. The Bertz CT molecular complexity index is 834. The second-order valence-corrected chi connectivity index (χ2v) is 5.45. The molecule has 1 aliphatic rings. The van der Waals surface area contributed by atoms with Gasteiger partial charge in [-0.05, 0) is 19.1 Å². The fourth-order valence-corrected chi connectivity index (χ4v) is 2.70. The number of aromatic nitrogens is 1. The summed E-state index contributed by atoms with van der Waals surface area (Å²) < 4.78 is 33.3. The van der Waals surface area contributed by atoms with Gasteiger partial charge in [0.2, 0.25) is 5.43 Å². The molecule has 0 bridgehead atoms. The summed E-state index contributed by atoms with van der Waals surface area (Å²) in [5.74, 6) is -1.50. The fourth-order valence-electron chi connectivity index (χ4n) is 2.44. The first-order chi connectivity index (χ1) is 10.5. The van der Waals surface area contributed by atoms with Gasteiger partial charge in [-0.1, -0.05) is 11.6 Å². The summed E-state index contributed by atoms with van der Waals surface area (Å²) in [6.45, 7) is 1.72. The first-order valence-corrected chi connectivity index (χ1v) is 7.17. The van der Waals surface area contributed by atoms with Crippen LogP contribution in [0.2, 0.25) is 5.02 Å². The summed E-state index contributed by atoms with van der Waals surface area (Å²) in [7, 11) is 0. The molecule has 1 fully saturated rings. The highest BCUT2D eigenvalue weighted by Gasteiger charge is 2.40. The third-order valence-corrected chi connectivity index (χ3v) is 3.98. The van der Waals surface area contributed by atoms with Crippen LogP contribution in [0.15, 0.2) is 23.1 Å². The molecule has 4 nitrogen and oxygen atoms in total. The number of esters is 1. The van der Waals surface area contributed by atoms with Crippen molar-refractivity contribution in [3.63, 3.8) is 0 Å². The fraction of sp³-hybridized carbons (Fsp3) is 0.333. The number of rotatable bonds is 3. The van der Waals surface area contributed by atoms with Crippen molar-refractivity contribution in [1.82, 2.24) is 4.57 Å². The van der Waals surface area contributed by atoms with Crippen LogP contribution in [-0.2, 0) is 4.74 Å². The summed E-state index contributed by atoms with van der Waals surface area (Å²) in [5.41, 5.74) is -0.719. The van der Waals surface area contributed by atoms with Gasteiger partial charge in [0.25, 0.3) is 0 Å². The Labute approximate surface area is 129 Å². The lowest BCUT2D eigenvalue weighted by Crippen LogP contribution is -2.21. The summed E-state index contributed by atoms with van der Waals surface area (Å²) >= 11 is 5.94. The zero-order chi connectivity index (χ0) is 16.0. The Morgan fingerprint density at radius 1 is 1.50 bits per heavy atom. The van der Waals surface area contributed by atoms with Gasteiger partial charge in [0.05, 0.1) is 18.2 Å². The number of hydrogen-bond acceptors (Lipinski definition) is 3. The van der Waals surface area contributed by atoms with Crippen LogP contribution in [-0.4, -0.2) is 23.3 Å². The number of carbonyl (C=O) groups is 1. The van der Waals surface area contributed by atoms with Crippen molar-refractivity contribution < 1.29 is 18.3 Å². The zero-order valence-electron chi connectivity index (χ0n) is 11.6. The van der Waals surface area contributed by atoms with E-state index in [9.17, 15) is 18.4 Å². The molecule has 0 unspecified atom stereocenters. The number of fused-ring (bicyclic) bond motifs is 1. The van der Waals surface area contributed by atoms with Crippen molar-refractivity contribution in [2.24, 2.45) is 0 Å². The van der Waals surface area contributed by atoms with Gasteiger partial charge in [-0.2, -0.15) is 0 Å². The average molecular weight is 328 g/mol. The van der Waals surface area contributed by atoms with Gasteiger partial charge in [-0.3, -0.25) is 4.79 Å². The van der Waals surface area contributed by atoms with E-state index in [1.165, 1.54) is 16.8 Å². The van der Waals surface area contributed by atoms with E-state index in [2.05, 4.69) is 0 Å². The largest absolute Gasteiger partial charge is 0.462 e. The lowest BCUT2D eigenvalue weighted by atomic mass is 10.1. The van der Waals surface area contributed by atoms with Crippen LogP contribution in [0.1, 0.15) is 29.7 Å². The number of nitrogens with zero attached hydrogens (tertiary/aromatic N) is 1. The molecule has 0 saturated heterocycles. The second-order valence-electron chi connectivity index (χ2n) is 5.08. The zero-order valence-corrected chi connectivity index (χ0v) is 12.4. The molecule has 116 valence electrons. The van der Waals surface area contributed by atoms with Crippen LogP contribution in [0.3, 0.4) is 0 Å². The van der Waals surface area contributed by atoms with Crippen LogP contribution in [0, 0.1) is 5.82 Å². The molecule has 2 atom stereocenters. The van der Waals surface area contributed by atoms with E-state index in [1.54, 1.807) is 6.92 Å². The highest BCUT2D eigenvalue weighted by molar-refractivity contribution is 6.35. The molecule has 2 aromatic rings. The molecule has 1 heterocycles. The van der Waals surface area contributed by atoms with Crippen LogP contribution in [0.25, 0.3) is 10.9 Å². The molecule has 0 spiro atoms. The van der Waals surface area contributed by atoms with Crippen LogP contribution in [0.5, 0.6) is 0 Å². The molecular weight excluding hydrogens is 316 g/mol. The van der Waals surface area contributed by atoms with E-state index >= 15 is 0 Å². The SMILES string of the molecule is CCOC(=O)c1cn([C@@H]2C[C@H]2F)c2c(Cl)c(F)ccc2c1=O. The minimum absolute atomic E-state index is 0.0658. The molecule has 0 amide bonds. The van der Waals surface area contributed by atoms with Crippen molar-refractivity contribution >= 4 is 28.5 Å². The van der Waals surface area contributed by atoms with E-state index in [4.69, 9.17) is 16.3 Å². The number of halogens is 3. The minimum Gasteiger partial charge on any atom is -0.462 e. The highest BCUT2D eigenvalue weighted by atomic mass is 35.5. The first-order valence-electron chi connectivity index (χ1n) is 6.79. The lowest BCUT2D eigenvalue weighted by Gasteiger charge is -2.13. The third-order valence-electron chi connectivity index (χ3n) is 3.62. The van der Waals surface area contributed by atoms with Gasteiger partial charge >= 0.3 is 5.97 Å². The van der Waals surface area contributed by atoms with Crippen LogP contribution >= 0.6 is 11.6 Å². The molecule has 0 radical (unpaired) electrons. The first kappa shape index (κ1) is 15.0. The molecule has 22 heavy (non-hydrogen) atoms. The van der Waals surface area contributed by atoms with Gasteiger partial charge in [-0.25, -0.2) is 13.6 Å². The summed E-state index contributed by atoms with van der Waals surface area (Å²) in [4.78, 5) is 24.3. The predicted octanol–water partition coefficient (Wildman–Crippen LogP) is 3.25. The van der Waals surface area contributed by atoms with E-state index in [0.717, 1.165) is 6.07 Å². The van der Waals surface area contributed by atoms with Crippen molar-refractivity contribution in [1.29, 1.82) is 0 Å². The average Bonchev–Trinajstić information content (AvgIpc) is 3.20. The molecule has 7 heteroatoms. The Balaban J connectivity index is 2.33. The Morgan fingerprint density at radius 3 is 2.77 bits per heavy atom. The van der Waals surface area contributed by atoms with E-state index in [-0.39, 0.29) is 34.5 Å². The maximum absolute atomic E-state index is 13.7. The number of carbonyl (C=O) groups excluding carboxylic acids is 1. The highest BCUT2D eigenvalue weighted by Crippen LogP contribution is 2.42. The molecule has 3 rings (SSSR count). The standard InChI is InChI=1S/C15H12ClF2NO3/c1-2-22-15(21)8-6-19(11-5-10(11)18)13-7(14(8)20)3-4-9(17)12(13)16/h3-4,6,10-11H,2,5H2,1H3/t10-,11-/m1/s1. The van der Waals surface area contributed by atoms with Crippen molar-refractivity contribution in [2.75, 3.05) is 6.61 Å². The molecule has 1 aromatic carbocycles. The van der Waals surface area contributed by atoms with E-state index in [1.807, 2.05) is 0 Å². The molecule has 0 aliphatic heterocycles. The number of alkyl halides is 1. The van der Waals surface area contributed by atoms with Gasteiger partial charge in [0.15, 0.2) is 0 Å². The van der Waals surface area contributed by atoms with Crippen LogP contribution in [0.4, 0.5) is 8.78 Å².